The van der Waals surface area contributed by atoms with Crippen molar-refractivity contribution in [3.63, 3.8) is 0 Å². The lowest BCUT2D eigenvalue weighted by molar-refractivity contribution is -0.143. The van der Waals surface area contributed by atoms with Gasteiger partial charge in [0.25, 0.3) is 5.91 Å². The van der Waals surface area contributed by atoms with Gasteiger partial charge in [0, 0.05) is 19.7 Å². The fourth-order valence-electron chi connectivity index (χ4n) is 1.43. The Labute approximate surface area is 96.1 Å². The van der Waals surface area contributed by atoms with Crippen LogP contribution in [0.25, 0.3) is 0 Å². The summed E-state index contributed by atoms with van der Waals surface area (Å²) in [7, 11) is 1.62. The Morgan fingerprint density at radius 3 is 2.62 bits per heavy atom. The van der Waals surface area contributed by atoms with Crippen LogP contribution >= 0.6 is 0 Å². The zero-order valence-corrected chi connectivity index (χ0v) is 10.2. The monoisotopic (exact) mass is 228 g/mol. The minimum absolute atomic E-state index is 0.0953. The topological polar surface area (TPSA) is 58.6 Å². The molecule has 1 N–H and O–H groups in total. The minimum Gasteiger partial charge on any atom is -0.369 e. The summed E-state index contributed by atoms with van der Waals surface area (Å²) < 4.78 is 5.18. The standard InChI is InChI=1S/C11H20N2O3/c1-4-16-8(2)11(15)13(3)7-10(14)12-9-5-6-9/h8-9H,4-7H2,1-3H3,(H,12,14). The molecule has 1 unspecified atom stereocenters. The summed E-state index contributed by atoms with van der Waals surface area (Å²) in [5, 5.41) is 2.84. The van der Waals surface area contributed by atoms with Gasteiger partial charge in [-0.3, -0.25) is 9.59 Å². The van der Waals surface area contributed by atoms with Crippen LogP contribution in [0.15, 0.2) is 0 Å². The van der Waals surface area contributed by atoms with Crippen LogP contribution in [0.2, 0.25) is 0 Å². The molecule has 0 spiro atoms. The van der Waals surface area contributed by atoms with E-state index in [-0.39, 0.29) is 18.4 Å². The molecule has 1 rings (SSSR count). The van der Waals surface area contributed by atoms with Gasteiger partial charge in [0.05, 0.1) is 6.54 Å². The smallest absolute Gasteiger partial charge is 0.251 e. The van der Waals surface area contributed by atoms with Crippen molar-refractivity contribution < 1.29 is 14.3 Å². The molecule has 2 amide bonds. The fourth-order valence-corrected chi connectivity index (χ4v) is 1.43. The number of likely N-dealkylation sites (N-methyl/N-ethyl adjacent to an activating group) is 1. The van der Waals surface area contributed by atoms with Crippen molar-refractivity contribution in [2.45, 2.75) is 38.8 Å². The Morgan fingerprint density at radius 2 is 2.12 bits per heavy atom. The quantitative estimate of drug-likeness (QED) is 0.704. The molecule has 0 bridgehead atoms. The zero-order valence-electron chi connectivity index (χ0n) is 10.2. The van der Waals surface area contributed by atoms with Gasteiger partial charge in [0.15, 0.2) is 0 Å². The maximum atomic E-state index is 11.7. The Kier molecular flexibility index (Phi) is 4.73. The van der Waals surface area contributed by atoms with E-state index in [2.05, 4.69) is 5.32 Å². The third kappa shape index (κ3) is 4.18. The van der Waals surface area contributed by atoms with Crippen LogP contribution in [0.5, 0.6) is 0 Å². The van der Waals surface area contributed by atoms with E-state index >= 15 is 0 Å². The number of nitrogens with zero attached hydrogens (tertiary/aromatic N) is 1. The van der Waals surface area contributed by atoms with E-state index in [0.717, 1.165) is 12.8 Å². The van der Waals surface area contributed by atoms with Gasteiger partial charge in [-0.05, 0) is 26.7 Å². The van der Waals surface area contributed by atoms with Crippen molar-refractivity contribution in [1.29, 1.82) is 0 Å². The summed E-state index contributed by atoms with van der Waals surface area (Å²) in [4.78, 5) is 24.5. The van der Waals surface area contributed by atoms with Crippen LogP contribution < -0.4 is 5.32 Å². The van der Waals surface area contributed by atoms with Gasteiger partial charge in [-0.2, -0.15) is 0 Å². The second-order valence-corrected chi connectivity index (χ2v) is 4.13. The number of hydrogen-bond donors (Lipinski definition) is 1. The highest BCUT2D eigenvalue weighted by atomic mass is 16.5. The Morgan fingerprint density at radius 1 is 1.50 bits per heavy atom. The summed E-state index contributed by atoms with van der Waals surface area (Å²) in [6.45, 7) is 4.13. The first-order chi connectivity index (χ1) is 7.54. The Balaban J connectivity index is 2.28. The molecule has 1 aliphatic rings. The van der Waals surface area contributed by atoms with E-state index in [0.29, 0.717) is 12.6 Å². The van der Waals surface area contributed by atoms with Crippen LogP contribution in [0.3, 0.4) is 0 Å². The number of carbonyl (C=O) groups is 2. The molecule has 5 heteroatoms. The van der Waals surface area contributed by atoms with Gasteiger partial charge < -0.3 is 15.0 Å². The lowest BCUT2D eigenvalue weighted by atomic mass is 10.3. The molecule has 1 saturated carbocycles. The van der Waals surface area contributed by atoms with Crippen LogP contribution in [0.4, 0.5) is 0 Å². The molecule has 5 nitrogen and oxygen atoms in total. The van der Waals surface area contributed by atoms with Crippen molar-refractivity contribution in [2.24, 2.45) is 0 Å². The summed E-state index contributed by atoms with van der Waals surface area (Å²) in [5.41, 5.74) is 0. The van der Waals surface area contributed by atoms with Crippen molar-refractivity contribution in [3.8, 4) is 0 Å². The van der Waals surface area contributed by atoms with E-state index in [1.165, 1.54) is 4.90 Å². The second kappa shape index (κ2) is 5.84. The first-order valence-electron chi connectivity index (χ1n) is 5.70. The molecular weight excluding hydrogens is 208 g/mol. The number of ether oxygens (including phenoxy) is 1. The molecule has 1 atom stereocenters. The number of carbonyl (C=O) groups excluding carboxylic acids is 2. The zero-order chi connectivity index (χ0) is 12.1. The number of amides is 2. The highest BCUT2D eigenvalue weighted by Gasteiger charge is 2.25. The number of nitrogens with one attached hydrogen (secondary N) is 1. The third-order valence-electron chi connectivity index (χ3n) is 2.46. The third-order valence-corrected chi connectivity index (χ3v) is 2.46. The van der Waals surface area contributed by atoms with Gasteiger partial charge >= 0.3 is 0 Å². The predicted octanol–water partition coefficient (Wildman–Crippen LogP) is 0.148. The second-order valence-electron chi connectivity index (χ2n) is 4.13. The average Bonchev–Trinajstić information content (AvgIpc) is 3.00. The molecule has 0 radical (unpaired) electrons. The maximum Gasteiger partial charge on any atom is 0.251 e. The minimum atomic E-state index is -0.483. The van der Waals surface area contributed by atoms with E-state index in [1.807, 2.05) is 6.92 Å². The highest BCUT2D eigenvalue weighted by molar-refractivity contribution is 5.86. The lowest BCUT2D eigenvalue weighted by Crippen LogP contribution is -2.43. The maximum absolute atomic E-state index is 11.7. The van der Waals surface area contributed by atoms with Gasteiger partial charge in [-0.15, -0.1) is 0 Å². The van der Waals surface area contributed by atoms with Crippen molar-refractivity contribution in [1.82, 2.24) is 10.2 Å². The Bertz CT molecular complexity index is 264. The van der Waals surface area contributed by atoms with Gasteiger partial charge in [0.1, 0.15) is 6.10 Å². The number of rotatable bonds is 6. The first kappa shape index (κ1) is 13.0. The predicted molar refractivity (Wildman–Crippen MR) is 59.9 cm³/mol. The van der Waals surface area contributed by atoms with E-state index in [4.69, 9.17) is 4.74 Å². The average molecular weight is 228 g/mol. The Hall–Kier alpha value is -1.10. The van der Waals surface area contributed by atoms with Crippen LogP contribution in [-0.2, 0) is 14.3 Å². The largest absolute Gasteiger partial charge is 0.369 e. The molecule has 92 valence electrons. The molecule has 1 aliphatic carbocycles. The van der Waals surface area contributed by atoms with E-state index in [1.54, 1.807) is 14.0 Å². The van der Waals surface area contributed by atoms with Crippen LogP contribution in [0, 0.1) is 0 Å². The van der Waals surface area contributed by atoms with Gasteiger partial charge in [-0.25, -0.2) is 0 Å². The molecule has 0 aromatic rings. The van der Waals surface area contributed by atoms with Crippen molar-refractivity contribution >= 4 is 11.8 Å². The van der Waals surface area contributed by atoms with E-state index in [9.17, 15) is 9.59 Å². The molecule has 0 aliphatic heterocycles. The first-order valence-corrected chi connectivity index (χ1v) is 5.70. The molecule has 16 heavy (non-hydrogen) atoms. The summed E-state index contributed by atoms with van der Waals surface area (Å²) >= 11 is 0. The molecule has 0 saturated heterocycles. The van der Waals surface area contributed by atoms with E-state index < -0.39 is 6.10 Å². The number of hydrogen-bond acceptors (Lipinski definition) is 3. The summed E-state index contributed by atoms with van der Waals surface area (Å²) in [5.74, 6) is -0.255. The lowest BCUT2D eigenvalue weighted by Gasteiger charge is -2.20. The molecule has 0 aromatic heterocycles. The van der Waals surface area contributed by atoms with Gasteiger partial charge in [-0.1, -0.05) is 0 Å². The van der Waals surface area contributed by atoms with Crippen molar-refractivity contribution in [2.75, 3.05) is 20.2 Å². The molecule has 0 aromatic carbocycles. The van der Waals surface area contributed by atoms with Crippen LogP contribution in [0.1, 0.15) is 26.7 Å². The highest BCUT2D eigenvalue weighted by Crippen LogP contribution is 2.18. The van der Waals surface area contributed by atoms with Crippen molar-refractivity contribution in [3.05, 3.63) is 0 Å². The fraction of sp³-hybridized carbons (Fsp3) is 0.818. The molecule has 0 heterocycles. The molecule has 1 fully saturated rings. The normalized spacial score (nSPS) is 16.7. The summed E-state index contributed by atoms with van der Waals surface area (Å²) in [6, 6.07) is 0.334. The SMILES string of the molecule is CCOC(C)C(=O)N(C)CC(=O)NC1CC1. The summed E-state index contributed by atoms with van der Waals surface area (Å²) in [6.07, 6.45) is 1.63. The molecular formula is C11H20N2O3. The van der Waals surface area contributed by atoms with Gasteiger partial charge in [0.2, 0.25) is 5.91 Å². The van der Waals surface area contributed by atoms with Crippen LogP contribution in [-0.4, -0.2) is 49.1 Å².